The van der Waals surface area contributed by atoms with Gasteiger partial charge in [0.25, 0.3) is 5.91 Å². The molecule has 2 aliphatic rings. The van der Waals surface area contributed by atoms with Crippen LogP contribution in [0.2, 0.25) is 0 Å². The van der Waals surface area contributed by atoms with Crippen LogP contribution in [0.3, 0.4) is 0 Å². The van der Waals surface area contributed by atoms with Crippen LogP contribution in [-0.4, -0.2) is 23.7 Å². The number of hydrogen-bond donors (Lipinski definition) is 2. The third kappa shape index (κ3) is 3.60. The number of carbonyl (C=O) groups excluding carboxylic acids is 1. The van der Waals surface area contributed by atoms with Gasteiger partial charge < -0.3 is 10.6 Å². The molecule has 0 aliphatic heterocycles. The molecule has 22 heavy (non-hydrogen) atoms. The van der Waals surface area contributed by atoms with E-state index in [0.717, 1.165) is 54.6 Å². The number of rotatable bonds is 7. The highest BCUT2D eigenvalue weighted by molar-refractivity contribution is 5.99. The van der Waals surface area contributed by atoms with Gasteiger partial charge in [-0.25, -0.2) is 4.99 Å². The van der Waals surface area contributed by atoms with Crippen LogP contribution < -0.4 is 10.6 Å². The van der Waals surface area contributed by atoms with Crippen molar-refractivity contribution >= 4 is 12.6 Å². The van der Waals surface area contributed by atoms with E-state index in [-0.39, 0.29) is 17.0 Å². The summed E-state index contributed by atoms with van der Waals surface area (Å²) in [6.45, 7) is 13.9. The number of allylic oxidation sites excluding steroid dienone is 1. The fourth-order valence-corrected chi connectivity index (χ4v) is 2.76. The molecule has 122 valence electrons. The molecular formula is C18H29N3O. The first-order chi connectivity index (χ1) is 10.3. The second kappa shape index (κ2) is 5.90. The fraction of sp³-hybridized carbons (Fsp3) is 0.667. The summed E-state index contributed by atoms with van der Waals surface area (Å²) < 4.78 is 0. The van der Waals surface area contributed by atoms with Gasteiger partial charge in [0, 0.05) is 22.2 Å². The van der Waals surface area contributed by atoms with Crippen LogP contribution in [0.1, 0.15) is 66.7 Å². The van der Waals surface area contributed by atoms with Crippen LogP contribution >= 0.6 is 0 Å². The summed E-state index contributed by atoms with van der Waals surface area (Å²) in [6.07, 6.45) is 5.41. The highest BCUT2D eigenvalue weighted by Gasteiger charge is 2.43. The Labute approximate surface area is 134 Å². The third-order valence-corrected chi connectivity index (χ3v) is 4.94. The molecule has 0 spiro atoms. The Morgan fingerprint density at radius 2 is 1.73 bits per heavy atom. The van der Waals surface area contributed by atoms with Crippen molar-refractivity contribution in [2.24, 2.45) is 4.99 Å². The Balaban J connectivity index is 2.24. The van der Waals surface area contributed by atoms with E-state index in [1.54, 1.807) is 0 Å². The van der Waals surface area contributed by atoms with Crippen LogP contribution in [0.15, 0.2) is 27.5 Å². The van der Waals surface area contributed by atoms with E-state index in [4.69, 9.17) is 0 Å². The van der Waals surface area contributed by atoms with Crippen LogP contribution in [0.25, 0.3) is 0 Å². The molecule has 2 saturated carbocycles. The predicted octanol–water partition coefficient (Wildman–Crippen LogP) is 3.46. The SMILES string of the molecule is C=N/C(NC1(C)CC1)=C(\C)C(C(=O)NC1(CC)CC1)=C(C)C. The lowest BCUT2D eigenvalue weighted by atomic mass is 10.0. The van der Waals surface area contributed by atoms with E-state index in [9.17, 15) is 4.79 Å². The molecule has 2 N–H and O–H groups in total. The van der Waals surface area contributed by atoms with Crippen molar-refractivity contribution in [2.75, 3.05) is 0 Å². The molecule has 2 rings (SSSR count). The topological polar surface area (TPSA) is 53.5 Å². The molecule has 2 aliphatic carbocycles. The minimum atomic E-state index is 0.0146. The Bertz CT molecular complexity index is 545. The van der Waals surface area contributed by atoms with Crippen LogP contribution in [0, 0.1) is 0 Å². The first kappa shape index (κ1) is 16.8. The smallest absolute Gasteiger partial charge is 0.252 e. The summed E-state index contributed by atoms with van der Waals surface area (Å²) in [5, 5.41) is 6.65. The largest absolute Gasteiger partial charge is 0.365 e. The number of carbonyl (C=O) groups is 1. The zero-order chi connectivity index (χ0) is 16.5. The van der Waals surface area contributed by atoms with Gasteiger partial charge in [-0.05, 0) is 66.5 Å². The second-order valence-electron chi connectivity index (χ2n) is 7.28. The lowest BCUT2D eigenvalue weighted by Gasteiger charge is -2.21. The van der Waals surface area contributed by atoms with Gasteiger partial charge in [0.05, 0.1) is 0 Å². The normalized spacial score (nSPS) is 21.3. The average Bonchev–Trinajstić information content (AvgIpc) is 3.35. The molecule has 2 fully saturated rings. The van der Waals surface area contributed by atoms with Gasteiger partial charge in [-0.1, -0.05) is 12.5 Å². The van der Waals surface area contributed by atoms with Crippen molar-refractivity contribution in [1.82, 2.24) is 10.6 Å². The van der Waals surface area contributed by atoms with E-state index in [2.05, 4.69) is 36.2 Å². The molecule has 0 radical (unpaired) electrons. The summed E-state index contributed by atoms with van der Waals surface area (Å²) in [6, 6.07) is 0. The molecule has 0 heterocycles. The number of aliphatic imine (C=N–C) groups is 1. The molecule has 0 unspecified atom stereocenters. The quantitative estimate of drug-likeness (QED) is 0.430. The van der Waals surface area contributed by atoms with Crippen molar-refractivity contribution in [3.8, 4) is 0 Å². The maximum absolute atomic E-state index is 12.7. The van der Waals surface area contributed by atoms with E-state index < -0.39 is 0 Å². The highest BCUT2D eigenvalue weighted by Crippen LogP contribution is 2.39. The van der Waals surface area contributed by atoms with Crippen molar-refractivity contribution in [3.05, 3.63) is 22.5 Å². The van der Waals surface area contributed by atoms with Crippen LogP contribution in [-0.2, 0) is 4.79 Å². The maximum Gasteiger partial charge on any atom is 0.252 e. The van der Waals surface area contributed by atoms with Gasteiger partial charge in [-0.3, -0.25) is 4.79 Å². The summed E-state index contributed by atoms with van der Waals surface area (Å²) in [7, 11) is 0. The van der Waals surface area contributed by atoms with E-state index in [0.29, 0.717) is 0 Å². The Morgan fingerprint density at radius 3 is 2.09 bits per heavy atom. The first-order valence-electron chi connectivity index (χ1n) is 8.22. The highest BCUT2D eigenvalue weighted by atomic mass is 16.2. The lowest BCUT2D eigenvalue weighted by Crippen LogP contribution is -2.38. The van der Waals surface area contributed by atoms with Gasteiger partial charge in [0.1, 0.15) is 5.82 Å². The molecule has 0 atom stereocenters. The van der Waals surface area contributed by atoms with E-state index in [1.165, 1.54) is 0 Å². The van der Waals surface area contributed by atoms with Gasteiger partial charge in [0.2, 0.25) is 0 Å². The summed E-state index contributed by atoms with van der Waals surface area (Å²) in [5.74, 6) is 0.744. The van der Waals surface area contributed by atoms with Crippen molar-refractivity contribution in [1.29, 1.82) is 0 Å². The number of nitrogens with one attached hydrogen (secondary N) is 2. The molecule has 0 saturated heterocycles. The molecule has 4 nitrogen and oxygen atoms in total. The zero-order valence-corrected chi connectivity index (χ0v) is 14.6. The summed E-state index contributed by atoms with van der Waals surface area (Å²) in [5.41, 5.74) is 2.76. The molecule has 0 aromatic heterocycles. The van der Waals surface area contributed by atoms with Crippen molar-refractivity contribution in [3.63, 3.8) is 0 Å². The fourth-order valence-electron chi connectivity index (χ4n) is 2.76. The third-order valence-electron chi connectivity index (χ3n) is 4.94. The number of hydrogen-bond acceptors (Lipinski definition) is 3. The van der Waals surface area contributed by atoms with Crippen molar-refractivity contribution in [2.45, 2.75) is 77.8 Å². The first-order valence-corrected chi connectivity index (χ1v) is 8.22. The van der Waals surface area contributed by atoms with E-state index in [1.807, 2.05) is 20.8 Å². The molecular weight excluding hydrogens is 274 g/mol. The summed E-state index contributed by atoms with van der Waals surface area (Å²) in [4.78, 5) is 16.9. The average molecular weight is 303 g/mol. The summed E-state index contributed by atoms with van der Waals surface area (Å²) >= 11 is 0. The number of nitrogens with zero attached hydrogens (tertiary/aromatic N) is 1. The minimum Gasteiger partial charge on any atom is -0.365 e. The lowest BCUT2D eigenvalue weighted by molar-refractivity contribution is -0.118. The maximum atomic E-state index is 12.7. The minimum absolute atomic E-state index is 0.0146. The number of amides is 1. The monoisotopic (exact) mass is 303 g/mol. The molecule has 0 bridgehead atoms. The Hall–Kier alpha value is -1.58. The standard InChI is InChI=1S/C18H29N3O/c1-7-18(10-11-18)21-16(22)14(12(2)3)13(4)15(19-6)20-17(5)8-9-17/h20H,6-11H2,1-5H3,(H,21,22)/b15-13-. The van der Waals surface area contributed by atoms with Crippen molar-refractivity contribution < 1.29 is 4.79 Å². The zero-order valence-electron chi connectivity index (χ0n) is 14.6. The Kier molecular flexibility index (Phi) is 4.50. The van der Waals surface area contributed by atoms with Crippen LogP contribution in [0.5, 0.6) is 0 Å². The molecule has 4 heteroatoms. The Morgan fingerprint density at radius 1 is 1.14 bits per heavy atom. The van der Waals surface area contributed by atoms with Gasteiger partial charge in [-0.2, -0.15) is 0 Å². The molecule has 1 amide bonds. The molecule has 0 aromatic rings. The van der Waals surface area contributed by atoms with Gasteiger partial charge in [-0.15, -0.1) is 0 Å². The van der Waals surface area contributed by atoms with Gasteiger partial charge >= 0.3 is 0 Å². The van der Waals surface area contributed by atoms with Gasteiger partial charge in [0.15, 0.2) is 0 Å². The van der Waals surface area contributed by atoms with Crippen LogP contribution in [0.4, 0.5) is 0 Å². The second-order valence-corrected chi connectivity index (χ2v) is 7.28. The van der Waals surface area contributed by atoms with E-state index >= 15 is 0 Å². The molecule has 0 aromatic carbocycles. The predicted molar refractivity (Wildman–Crippen MR) is 91.8 cm³/mol.